The summed E-state index contributed by atoms with van der Waals surface area (Å²) in [6.07, 6.45) is 1.45. The van der Waals surface area contributed by atoms with Crippen LogP contribution in [0.4, 0.5) is 11.4 Å². The highest BCUT2D eigenvalue weighted by molar-refractivity contribution is 6.03. The Morgan fingerprint density at radius 1 is 1.47 bits per heavy atom. The van der Waals surface area contributed by atoms with Crippen molar-refractivity contribution >= 4 is 23.2 Å². The molecule has 1 saturated carbocycles. The number of ether oxygens (including phenoxy) is 1. The molecule has 19 heavy (non-hydrogen) atoms. The molecular weight excluding hydrogens is 246 g/mol. The first kappa shape index (κ1) is 12.0. The molecule has 3 N–H and O–H groups in total. The number of anilines is 2. The number of benzene rings is 1. The number of carbonyl (C=O) groups excluding carboxylic acids is 2. The second-order valence-electron chi connectivity index (χ2n) is 5.04. The molecule has 6 nitrogen and oxygen atoms in total. The van der Waals surface area contributed by atoms with Crippen molar-refractivity contribution in [3.63, 3.8) is 0 Å². The maximum Gasteiger partial charge on any atom is 0.262 e. The van der Waals surface area contributed by atoms with Gasteiger partial charge < -0.3 is 20.7 Å². The standard InChI is InChI=1S/C13H15N3O3/c1-16(12(18)13(14)4-5-13)8-2-3-10-9(6-8)15-11(17)7-19-10/h2-3,6H,4-5,7,14H2,1H3,(H,15,17). The van der Waals surface area contributed by atoms with Crippen LogP contribution in [0, 0.1) is 0 Å². The lowest BCUT2D eigenvalue weighted by Gasteiger charge is -2.24. The fraction of sp³-hybridized carbons (Fsp3) is 0.385. The highest BCUT2D eigenvalue weighted by Gasteiger charge is 2.47. The van der Waals surface area contributed by atoms with Crippen LogP contribution < -0.4 is 20.7 Å². The van der Waals surface area contributed by atoms with Crippen molar-refractivity contribution in [3.05, 3.63) is 18.2 Å². The van der Waals surface area contributed by atoms with Crippen LogP contribution in [0.15, 0.2) is 18.2 Å². The molecule has 0 spiro atoms. The molecule has 1 fully saturated rings. The molecule has 6 heteroatoms. The summed E-state index contributed by atoms with van der Waals surface area (Å²) in [6.45, 7) is 0.0209. The average Bonchev–Trinajstić information content (AvgIpc) is 3.15. The molecule has 3 rings (SSSR count). The van der Waals surface area contributed by atoms with Crippen LogP contribution in [0.5, 0.6) is 5.75 Å². The number of amides is 2. The van der Waals surface area contributed by atoms with Crippen molar-refractivity contribution in [2.75, 3.05) is 23.9 Å². The van der Waals surface area contributed by atoms with Crippen LogP contribution in [0.3, 0.4) is 0 Å². The summed E-state index contributed by atoms with van der Waals surface area (Å²) >= 11 is 0. The molecule has 1 aromatic rings. The van der Waals surface area contributed by atoms with E-state index in [1.165, 1.54) is 4.90 Å². The first-order valence-corrected chi connectivity index (χ1v) is 6.13. The summed E-state index contributed by atoms with van der Waals surface area (Å²) in [4.78, 5) is 24.9. The fourth-order valence-electron chi connectivity index (χ4n) is 2.08. The van der Waals surface area contributed by atoms with E-state index in [9.17, 15) is 9.59 Å². The van der Waals surface area contributed by atoms with Gasteiger partial charge in [-0.05, 0) is 31.0 Å². The molecule has 100 valence electrons. The Bertz CT molecular complexity index is 566. The quantitative estimate of drug-likeness (QED) is 0.810. The Kier molecular flexibility index (Phi) is 2.50. The van der Waals surface area contributed by atoms with Crippen LogP contribution >= 0.6 is 0 Å². The first-order chi connectivity index (χ1) is 8.99. The molecule has 1 heterocycles. The Morgan fingerprint density at radius 2 is 2.21 bits per heavy atom. The summed E-state index contributed by atoms with van der Waals surface area (Å²) in [5.41, 5.74) is 6.46. The van der Waals surface area contributed by atoms with E-state index >= 15 is 0 Å². The maximum atomic E-state index is 12.1. The van der Waals surface area contributed by atoms with Crippen molar-refractivity contribution in [1.82, 2.24) is 0 Å². The van der Waals surface area contributed by atoms with E-state index < -0.39 is 5.54 Å². The van der Waals surface area contributed by atoms with Crippen molar-refractivity contribution in [2.24, 2.45) is 5.73 Å². The van der Waals surface area contributed by atoms with E-state index in [0.29, 0.717) is 17.1 Å². The largest absolute Gasteiger partial charge is 0.482 e. The number of carbonyl (C=O) groups is 2. The second kappa shape index (κ2) is 3.96. The van der Waals surface area contributed by atoms with Gasteiger partial charge in [0.1, 0.15) is 5.75 Å². The zero-order valence-electron chi connectivity index (χ0n) is 10.6. The molecule has 1 aliphatic heterocycles. The Labute approximate surface area is 110 Å². The summed E-state index contributed by atoms with van der Waals surface area (Å²) in [7, 11) is 1.68. The van der Waals surface area contributed by atoms with Crippen molar-refractivity contribution in [2.45, 2.75) is 18.4 Å². The zero-order chi connectivity index (χ0) is 13.6. The topological polar surface area (TPSA) is 84.7 Å². The normalized spacial score (nSPS) is 18.9. The van der Waals surface area contributed by atoms with Gasteiger partial charge >= 0.3 is 0 Å². The molecule has 0 bridgehead atoms. The molecule has 0 radical (unpaired) electrons. The van der Waals surface area contributed by atoms with Crippen molar-refractivity contribution in [3.8, 4) is 5.75 Å². The molecule has 2 aliphatic rings. The van der Waals surface area contributed by atoms with E-state index in [1.54, 1.807) is 25.2 Å². The van der Waals surface area contributed by atoms with Crippen LogP contribution in [0.2, 0.25) is 0 Å². The third kappa shape index (κ3) is 2.04. The number of nitrogens with zero attached hydrogens (tertiary/aromatic N) is 1. The Hall–Kier alpha value is -2.08. The van der Waals surface area contributed by atoms with E-state index in [0.717, 1.165) is 12.8 Å². The van der Waals surface area contributed by atoms with Gasteiger partial charge in [-0.25, -0.2) is 0 Å². The second-order valence-corrected chi connectivity index (χ2v) is 5.04. The van der Waals surface area contributed by atoms with E-state index in [2.05, 4.69) is 5.32 Å². The molecule has 0 aromatic heterocycles. The lowest BCUT2D eigenvalue weighted by Crippen LogP contribution is -2.44. The van der Waals surface area contributed by atoms with Gasteiger partial charge in [0.15, 0.2) is 6.61 Å². The number of likely N-dealkylation sites (N-methyl/N-ethyl adjacent to an activating group) is 1. The molecule has 0 saturated heterocycles. The smallest absolute Gasteiger partial charge is 0.262 e. The van der Waals surface area contributed by atoms with Crippen LogP contribution in [-0.4, -0.2) is 31.0 Å². The predicted octanol–water partition coefficient (Wildman–Crippen LogP) is 0.472. The minimum Gasteiger partial charge on any atom is -0.482 e. The Morgan fingerprint density at radius 3 is 2.89 bits per heavy atom. The fourth-order valence-corrected chi connectivity index (χ4v) is 2.08. The minimum absolute atomic E-state index is 0.0209. The van der Waals surface area contributed by atoms with Gasteiger partial charge in [0.05, 0.1) is 11.2 Å². The van der Waals surface area contributed by atoms with Gasteiger partial charge in [-0.15, -0.1) is 0 Å². The highest BCUT2D eigenvalue weighted by atomic mass is 16.5. The summed E-state index contributed by atoms with van der Waals surface area (Å²) in [5.74, 6) is 0.310. The number of fused-ring (bicyclic) bond motifs is 1. The summed E-state index contributed by atoms with van der Waals surface area (Å²) in [5, 5.41) is 2.72. The number of nitrogens with one attached hydrogen (secondary N) is 1. The van der Waals surface area contributed by atoms with Gasteiger partial charge in [0, 0.05) is 12.7 Å². The number of hydrogen-bond acceptors (Lipinski definition) is 4. The van der Waals surface area contributed by atoms with E-state index in [-0.39, 0.29) is 18.4 Å². The van der Waals surface area contributed by atoms with Gasteiger partial charge in [0.2, 0.25) is 5.91 Å². The molecule has 0 unspecified atom stereocenters. The minimum atomic E-state index is -0.704. The maximum absolute atomic E-state index is 12.1. The summed E-state index contributed by atoms with van der Waals surface area (Å²) in [6, 6.07) is 5.24. The third-order valence-corrected chi connectivity index (χ3v) is 3.50. The van der Waals surface area contributed by atoms with Crippen LogP contribution in [0.25, 0.3) is 0 Å². The monoisotopic (exact) mass is 261 g/mol. The van der Waals surface area contributed by atoms with E-state index in [1.807, 2.05) is 0 Å². The first-order valence-electron chi connectivity index (χ1n) is 6.13. The lowest BCUT2D eigenvalue weighted by atomic mass is 10.2. The van der Waals surface area contributed by atoms with Gasteiger partial charge in [0.25, 0.3) is 5.91 Å². The molecule has 1 aliphatic carbocycles. The highest BCUT2D eigenvalue weighted by Crippen LogP contribution is 2.37. The Balaban J connectivity index is 1.87. The number of rotatable bonds is 2. The molecule has 1 aromatic carbocycles. The third-order valence-electron chi connectivity index (χ3n) is 3.50. The van der Waals surface area contributed by atoms with Crippen molar-refractivity contribution in [1.29, 1.82) is 0 Å². The lowest BCUT2D eigenvalue weighted by molar-refractivity contribution is -0.120. The van der Waals surface area contributed by atoms with Gasteiger partial charge in [-0.3, -0.25) is 9.59 Å². The SMILES string of the molecule is CN(C(=O)C1(N)CC1)c1ccc2c(c1)NC(=O)CO2. The summed E-state index contributed by atoms with van der Waals surface area (Å²) < 4.78 is 5.27. The average molecular weight is 261 g/mol. The van der Waals surface area contributed by atoms with E-state index in [4.69, 9.17) is 10.5 Å². The molecule has 0 atom stereocenters. The number of nitrogens with two attached hydrogens (primary N) is 1. The van der Waals surface area contributed by atoms with Crippen molar-refractivity contribution < 1.29 is 14.3 Å². The van der Waals surface area contributed by atoms with Gasteiger partial charge in [-0.1, -0.05) is 0 Å². The van der Waals surface area contributed by atoms with Gasteiger partial charge in [-0.2, -0.15) is 0 Å². The zero-order valence-corrected chi connectivity index (χ0v) is 10.6. The van der Waals surface area contributed by atoms with Crippen LogP contribution in [-0.2, 0) is 9.59 Å². The van der Waals surface area contributed by atoms with Crippen LogP contribution in [0.1, 0.15) is 12.8 Å². The molecular formula is C13H15N3O3. The number of hydrogen-bond donors (Lipinski definition) is 2. The molecule has 2 amide bonds. The predicted molar refractivity (Wildman–Crippen MR) is 70.1 cm³/mol.